The topological polar surface area (TPSA) is 69.4 Å². The number of ether oxygens (including phenoxy) is 1. The molecule has 0 heterocycles. The predicted molar refractivity (Wildman–Crippen MR) is 66.3 cm³/mol. The minimum atomic E-state index is -4.21. The van der Waals surface area contributed by atoms with Crippen molar-refractivity contribution in [1.82, 2.24) is 0 Å². The lowest BCUT2D eigenvalue weighted by Gasteiger charge is -2.10. The molecule has 0 fully saturated rings. The fraction of sp³-hybridized carbons (Fsp3) is 0.400. The molecule has 0 spiro atoms. The highest BCUT2D eigenvalue weighted by Gasteiger charge is 2.26. The van der Waals surface area contributed by atoms with Crippen LogP contribution in [0.1, 0.15) is 12.8 Å². The molecule has 0 amide bonds. The second kappa shape index (κ2) is 6.10. The molecule has 0 bridgehead atoms. The molecule has 0 aromatic heterocycles. The Bertz CT molecular complexity index is 545. The highest BCUT2D eigenvalue weighted by molar-refractivity contribution is 9.10. The molecule has 0 atom stereocenters. The lowest BCUT2D eigenvalue weighted by atomic mass is 10.3. The van der Waals surface area contributed by atoms with Gasteiger partial charge in [-0.1, -0.05) is 0 Å². The summed E-state index contributed by atoms with van der Waals surface area (Å²) in [6, 6.07) is 3.78. The average molecular weight is 362 g/mol. The normalized spacial score (nSPS) is 12.5. The highest BCUT2D eigenvalue weighted by atomic mass is 79.9. The highest BCUT2D eigenvalue weighted by Crippen LogP contribution is 2.28. The van der Waals surface area contributed by atoms with Crippen molar-refractivity contribution in [3.05, 3.63) is 22.7 Å². The second-order valence-electron chi connectivity index (χ2n) is 3.70. The molecule has 1 aromatic rings. The Balaban J connectivity index is 2.61. The zero-order chi connectivity index (χ0) is 14.7. The van der Waals surface area contributed by atoms with E-state index in [1.54, 1.807) is 0 Å². The molecule has 4 nitrogen and oxygen atoms in total. The standard InChI is InChI=1S/C10H11BrF3NO3S/c11-8-6-7(19(15,16)17)2-3-9(8)18-5-1-4-10(12,13)14/h2-3,6H,1,4-5H2,(H2,15,16,17). The molecule has 1 aromatic carbocycles. The van der Waals surface area contributed by atoms with Gasteiger partial charge in [-0.2, -0.15) is 13.2 Å². The van der Waals surface area contributed by atoms with Crippen molar-refractivity contribution < 1.29 is 26.3 Å². The minimum absolute atomic E-state index is 0.109. The van der Waals surface area contributed by atoms with Gasteiger partial charge >= 0.3 is 6.18 Å². The minimum Gasteiger partial charge on any atom is -0.492 e. The Morgan fingerprint density at radius 3 is 2.42 bits per heavy atom. The Kier molecular flexibility index (Phi) is 5.22. The van der Waals surface area contributed by atoms with Crippen molar-refractivity contribution >= 4 is 26.0 Å². The molecule has 0 aliphatic rings. The number of primary sulfonamides is 1. The summed E-state index contributed by atoms with van der Waals surface area (Å²) in [5.41, 5.74) is 0. The Labute approximate surface area is 116 Å². The molecule has 2 N–H and O–H groups in total. The van der Waals surface area contributed by atoms with Crippen LogP contribution in [0.5, 0.6) is 5.75 Å². The van der Waals surface area contributed by atoms with Gasteiger partial charge in [-0.25, -0.2) is 13.6 Å². The first-order chi connectivity index (χ1) is 8.59. The number of alkyl halides is 3. The zero-order valence-corrected chi connectivity index (χ0v) is 12.0. The molecular weight excluding hydrogens is 351 g/mol. The summed E-state index contributed by atoms with van der Waals surface area (Å²) in [4.78, 5) is -0.109. The monoisotopic (exact) mass is 361 g/mol. The first-order valence-corrected chi connectivity index (χ1v) is 7.45. The molecule has 0 aliphatic heterocycles. The maximum Gasteiger partial charge on any atom is 0.389 e. The van der Waals surface area contributed by atoms with Crippen LogP contribution in [0.25, 0.3) is 0 Å². The van der Waals surface area contributed by atoms with Crippen molar-refractivity contribution in [3.63, 3.8) is 0 Å². The average Bonchev–Trinajstić information content (AvgIpc) is 2.23. The molecule has 0 radical (unpaired) electrons. The summed E-state index contributed by atoms with van der Waals surface area (Å²) in [5, 5.41) is 4.93. The first kappa shape index (κ1) is 16.3. The van der Waals surface area contributed by atoms with Gasteiger partial charge in [0, 0.05) is 6.42 Å². The van der Waals surface area contributed by atoms with Crippen LogP contribution in [0.15, 0.2) is 27.6 Å². The molecule has 0 saturated carbocycles. The Morgan fingerprint density at radius 1 is 1.32 bits per heavy atom. The molecule has 0 unspecified atom stereocenters. The number of hydrogen-bond acceptors (Lipinski definition) is 3. The van der Waals surface area contributed by atoms with Crippen LogP contribution >= 0.6 is 15.9 Å². The van der Waals surface area contributed by atoms with Gasteiger partial charge < -0.3 is 4.74 Å². The molecule has 1 rings (SSSR count). The van der Waals surface area contributed by atoms with Crippen LogP contribution in [0.4, 0.5) is 13.2 Å². The smallest absolute Gasteiger partial charge is 0.389 e. The summed E-state index contributed by atoms with van der Waals surface area (Å²) in [6.07, 6.45) is -5.31. The van der Waals surface area contributed by atoms with Gasteiger partial charge in [-0.3, -0.25) is 0 Å². The van der Waals surface area contributed by atoms with Crippen molar-refractivity contribution in [2.75, 3.05) is 6.61 Å². The summed E-state index contributed by atoms with van der Waals surface area (Å²) in [7, 11) is -3.82. The second-order valence-corrected chi connectivity index (χ2v) is 6.12. The Hall–Kier alpha value is -0.800. The van der Waals surface area contributed by atoms with E-state index in [1.807, 2.05) is 0 Å². The molecule has 19 heavy (non-hydrogen) atoms. The van der Waals surface area contributed by atoms with E-state index in [1.165, 1.54) is 18.2 Å². The van der Waals surface area contributed by atoms with E-state index in [4.69, 9.17) is 9.88 Å². The van der Waals surface area contributed by atoms with E-state index in [0.717, 1.165) is 0 Å². The van der Waals surface area contributed by atoms with Crippen LogP contribution < -0.4 is 9.88 Å². The number of nitrogens with two attached hydrogens (primary N) is 1. The summed E-state index contributed by atoms with van der Waals surface area (Å²) >= 11 is 3.06. The van der Waals surface area contributed by atoms with Gasteiger partial charge in [0.1, 0.15) is 5.75 Å². The van der Waals surface area contributed by atoms with Crippen molar-refractivity contribution in [3.8, 4) is 5.75 Å². The fourth-order valence-corrected chi connectivity index (χ4v) is 2.41. The van der Waals surface area contributed by atoms with E-state index in [2.05, 4.69) is 15.9 Å². The van der Waals surface area contributed by atoms with Crippen LogP contribution in [-0.2, 0) is 10.0 Å². The maximum atomic E-state index is 11.9. The van der Waals surface area contributed by atoms with Gasteiger partial charge in [0.2, 0.25) is 10.0 Å². The zero-order valence-electron chi connectivity index (χ0n) is 9.58. The van der Waals surface area contributed by atoms with Crippen LogP contribution in [0, 0.1) is 0 Å². The van der Waals surface area contributed by atoms with Gasteiger partial charge in [-0.15, -0.1) is 0 Å². The predicted octanol–water partition coefficient (Wildman–Crippen LogP) is 2.82. The summed E-state index contributed by atoms with van der Waals surface area (Å²) in [6.45, 7) is -0.118. The summed E-state index contributed by atoms with van der Waals surface area (Å²) < 4.78 is 63.2. The lowest BCUT2D eigenvalue weighted by Crippen LogP contribution is -2.12. The Morgan fingerprint density at radius 2 is 1.95 bits per heavy atom. The number of sulfonamides is 1. The van der Waals surface area contributed by atoms with Gasteiger partial charge in [0.05, 0.1) is 16.0 Å². The molecule has 0 saturated heterocycles. The molecule has 108 valence electrons. The third kappa shape index (κ3) is 5.79. The van der Waals surface area contributed by atoms with Crippen molar-refractivity contribution in [2.45, 2.75) is 23.9 Å². The van der Waals surface area contributed by atoms with Gasteiger partial charge in [0.25, 0.3) is 0 Å². The van der Waals surface area contributed by atoms with Gasteiger partial charge in [-0.05, 0) is 40.5 Å². The quantitative estimate of drug-likeness (QED) is 0.819. The van der Waals surface area contributed by atoms with Crippen LogP contribution in [0.3, 0.4) is 0 Å². The fourth-order valence-electron chi connectivity index (χ4n) is 1.23. The third-order valence-electron chi connectivity index (χ3n) is 2.09. The van der Waals surface area contributed by atoms with E-state index >= 15 is 0 Å². The number of halogens is 4. The first-order valence-electron chi connectivity index (χ1n) is 5.11. The number of benzene rings is 1. The van der Waals surface area contributed by atoms with E-state index < -0.39 is 22.6 Å². The van der Waals surface area contributed by atoms with Crippen molar-refractivity contribution in [2.24, 2.45) is 5.14 Å². The summed E-state index contributed by atoms with van der Waals surface area (Å²) in [5.74, 6) is 0.259. The number of hydrogen-bond donors (Lipinski definition) is 1. The van der Waals surface area contributed by atoms with E-state index in [0.29, 0.717) is 4.47 Å². The maximum absolute atomic E-state index is 11.9. The number of rotatable bonds is 5. The SMILES string of the molecule is NS(=O)(=O)c1ccc(OCCCC(F)(F)F)c(Br)c1. The van der Waals surface area contributed by atoms with Gasteiger partial charge in [0.15, 0.2) is 0 Å². The van der Waals surface area contributed by atoms with E-state index in [-0.39, 0.29) is 23.7 Å². The van der Waals surface area contributed by atoms with Crippen LogP contribution in [-0.4, -0.2) is 21.2 Å². The molecular formula is C10H11BrF3NO3S. The largest absolute Gasteiger partial charge is 0.492 e. The molecule has 9 heteroatoms. The third-order valence-corrected chi connectivity index (χ3v) is 3.62. The van der Waals surface area contributed by atoms with E-state index in [9.17, 15) is 21.6 Å². The molecule has 0 aliphatic carbocycles. The van der Waals surface area contributed by atoms with Crippen LogP contribution in [0.2, 0.25) is 0 Å². The lowest BCUT2D eigenvalue weighted by molar-refractivity contribution is -0.136. The van der Waals surface area contributed by atoms with Crippen molar-refractivity contribution in [1.29, 1.82) is 0 Å².